The van der Waals surface area contributed by atoms with Gasteiger partial charge in [-0.1, -0.05) is 42.5 Å². The van der Waals surface area contributed by atoms with Gasteiger partial charge in [0.25, 0.3) is 5.91 Å². The maximum absolute atomic E-state index is 13.1. The lowest BCUT2D eigenvalue weighted by Crippen LogP contribution is -2.69. The summed E-state index contributed by atoms with van der Waals surface area (Å²) in [6.45, 7) is 2.90. The average Bonchev–Trinajstić information content (AvgIpc) is 2.95. The standard InChI is InChI=1S/C29H34N4O5/c34-26(23-8-6-21(7-9-23)18-20-4-2-1-3-5-20)31-14-16-32(17-15-31)29(38)33-25(28(36)37)24(27(33)35)19-22-10-12-30-13-11-22/h1-9,22,24-25,30H,10-19H2,(H,36,37)/t24-,25+/m1/s1. The van der Waals surface area contributed by atoms with Gasteiger partial charge in [0.15, 0.2) is 6.04 Å². The quantitative estimate of drug-likeness (QED) is 0.569. The van der Waals surface area contributed by atoms with Crippen LogP contribution in [0.5, 0.6) is 0 Å². The smallest absolute Gasteiger partial charge is 0.327 e. The van der Waals surface area contributed by atoms with E-state index >= 15 is 0 Å². The van der Waals surface area contributed by atoms with Gasteiger partial charge in [-0.05, 0) is 68.0 Å². The van der Waals surface area contributed by atoms with Gasteiger partial charge >= 0.3 is 12.0 Å². The minimum Gasteiger partial charge on any atom is -0.480 e. The zero-order valence-electron chi connectivity index (χ0n) is 21.4. The molecule has 0 aliphatic carbocycles. The predicted molar refractivity (Wildman–Crippen MR) is 141 cm³/mol. The molecule has 0 saturated carbocycles. The molecule has 3 saturated heterocycles. The zero-order chi connectivity index (χ0) is 26.6. The molecule has 0 spiro atoms. The van der Waals surface area contributed by atoms with Gasteiger partial charge in [0.2, 0.25) is 5.91 Å². The summed E-state index contributed by atoms with van der Waals surface area (Å²) in [7, 11) is 0. The molecule has 3 heterocycles. The third kappa shape index (κ3) is 5.43. The van der Waals surface area contributed by atoms with Crippen LogP contribution in [0.4, 0.5) is 4.79 Å². The minimum absolute atomic E-state index is 0.103. The summed E-state index contributed by atoms with van der Waals surface area (Å²) >= 11 is 0. The van der Waals surface area contributed by atoms with Crippen molar-refractivity contribution in [3.63, 3.8) is 0 Å². The number of hydrogen-bond donors (Lipinski definition) is 2. The van der Waals surface area contributed by atoms with Crippen molar-refractivity contribution in [3.8, 4) is 0 Å². The van der Waals surface area contributed by atoms with Crippen molar-refractivity contribution in [1.29, 1.82) is 0 Å². The summed E-state index contributed by atoms with van der Waals surface area (Å²) in [4.78, 5) is 55.1. The first-order valence-corrected chi connectivity index (χ1v) is 13.4. The minimum atomic E-state index is -1.14. The highest BCUT2D eigenvalue weighted by atomic mass is 16.4. The molecule has 2 aromatic carbocycles. The summed E-state index contributed by atoms with van der Waals surface area (Å²) in [6.07, 6.45) is 3.13. The number of carboxylic acids is 1. The van der Waals surface area contributed by atoms with Gasteiger partial charge in [0.1, 0.15) is 0 Å². The summed E-state index contributed by atoms with van der Waals surface area (Å²) in [5, 5.41) is 13.1. The van der Waals surface area contributed by atoms with Crippen molar-refractivity contribution < 1.29 is 24.3 Å². The van der Waals surface area contributed by atoms with E-state index in [2.05, 4.69) is 17.4 Å². The molecule has 5 rings (SSSR count). The van der Waals surface area contributed by atoms with E-state index in [4.69, 9.17) is 0 Å². The number of benzene rings is 2. The number of piperazine rings is 1. The number of rotatable bonds is 6. The number of nitrogens with one attached hydrogen (secondary N) is 1. The molecule has 0 unspecified atom stereocenters. The molecule has 3 fully saturated rings. The SMILES string of the molecule is O=C(O)[C@@H]1[C@@H](CC2CCNCC2)C(=O)N1C(=O)N1CCN(C(=O)c2ccc(Cc3ccccc3)cc2)CC1. The first-order chi connectivity index (χ1) is 18.4. The van der Waals surface area contributed by atoms with Gasteiger partial charge < -0.3 is 20.2 Å². The highest BCUT2D eigenvalue weighted by molar-refractivity contribution is 6.07. The first kappa shape index (κ1) is 25.9. The van der Waals surface area contributed by atoms with E-state index in [-0.39, 0.29) is 19.0 Å². The lowest BCUT2D eigenvalue weighted by Gasteiger charge is -2.47. The Bertz CT molecular complexity index is 1170. The van der Waals surface area contributed by atoms with E-state index in [0.29, 0.717) is 31.0 Å². The van der Waals surface area contributed by atoms with E-state index in [1.165, 1.54) is 10.5 Å². The summed E-state index contributed by atoms with van der Waals surface area (Å²) in [6, 6.07) is 16.0. The number of carbonyl (C=O) groups excluding carboxylic acids is 3. The summed E-state index contributed by atoms with van der Waals surface area (Å²) in [5.74, 6) is -1.98. The maximum atomic E-state index is 13.1. The molecule has 2 atom stereocenters. The Kier molecular flexibility index (Phi) is 7.74. The molecule has 200 valence electrons. The average molecular weight is 519 g/mol. The Morgan fingerprint density at radius 2 is 1.45 bits per heavy atom. The molecule has 9 heteroatoms. The third-order valence-electron chi connectivity index (χ3n) is 8.01. The van der Waals surface area contributed by atoms with Gasteiger partial charge in [0, 0.05) is 31.7 Å². The lowest BCUT2D eigenvalue weighted by atomic mass is 9.78. The maximum Gasteiger partial charge on any atom is 0.327 e. The molecule has 2 N–H and O–H groups in total. The lowest BCUT2D eigenvalue weighted by molar-refractivity contribution is -0.167. The van der Waals surface area contributed by atoms with Crippen LogP contribution in [0.1, 0.15) is 40.7 Å². The highest BCUT2D eigenvalue weighted by Gasteiger charge is 2.56. The number of likely N-dealkylation sites (tertiary alicyclic amines) is 1. The molecule has 0 radical (unpaired) electrons. The normalized spacial score (nSPS) is 22.2. The fourth-order valence-corrected chi connectivity index (χ4v) is 5.78. The zero-order valence-corrected chi connectivity index (χ0v) is 21.4. The Balaban J connectivity index is 1.14. The number of carboxylic acid groups (broad SMARTS) is 1. The Morgan fingerprint density at radius 3 is 2.08 bits per heavy atom. The molecule has 3 aliphatic heterocycles. The van der Waals surface area contributed by atoms with Crippen molar-refractivity contribution in [2.24, 2.45) is 11.8 Å². The Labute approximate surface area is 222 Å². The van der Waals surface area contributed by atoms with Crippen LogP contribution in [-0.4, -0.2) is 88.9 Å². The molecule has 2 aromatic rings. The first-order valence-electron chi connectivity index (χ1n) is 13.4. The Morgan fingerprint density at radius 1 is 0.842 bits per heavy atom. The number of urea groups is 1. The van der Waals surface area contributed by atoms with Crippen LogP contribution in [-0.2, 0) is 16.0 Å². The topological polar surface area (TPSA) is 110 Å². The number of β-lactam (4-membered cyclic amide) rings is 1. The Hall–Kier alpha value is -3.72. The van der Waals surface area contributed by atoms with Crippen molar-refractivity contribution in [2.75, 3.05) is 39.3 Å². The fourth-order valence-electron chi connectivity index (χ4n) is 5.78. The summed E-state index contributed by atoms with van der Waals surface area (Å²) < 4.78 is 0. The second kappa shape index (κ2) is 11.3. The van der Waals surface area contributed by atoms with Crippen LogP contribution in [0.3, 0.4) is 0 Å². The van der Waals surface area contributed by atoms with Gasteiger partial charge in [-0.3, -0.25) is 9.59 Å². The highest BCUT2D eigenvalue weighted by Crippen LogP contribution is 2.35. The van der Waals surface area contributed by atoms with Crippen LogP contribution in [0, 0.1) is 11.8 Å². The van der Waals surface area contributed by atoms with Crippen LogP contribution in [0.2, 0.25) is 0 Å². The van der Waals surface area contributed by atoms with E-state index in [9.17, 15) is 24.3 Å². The van der Waals surface area contributed by atoms with Crippen LogP contribution >= 0.6 is 0 Å². The van der Waals surface area contributed by atoms with Crippen LogP contribution in [0.25, 0.3) is 0 Å². The summed E-state index contributed by atoms with van der Waals surface area (Å²) in [5.41, 5.74) is 2.91. The molecule has 0 bridgehead atoms. The number of piperidine rings is 1. The molecule has 0 aromatic heterocycles. The van der Waals surface area contributed by atoms with Crippen molar-refractivity contribution in [3.05, 3.63) is 71.3 Å². The number of aliphatic carboxylic acids is 1. The second-order valence-electron chi connectivity index (χ2n) is 10.4. The fraction of sp³-hybridized carbons (Fsp3) is 0.448. The van der Waals surface area contributed by atoms with Gasteiger partial charge in [-0.2, -0.15) is 0 Å². The monoisotopic (exact) mass is 518 g/mol. The predicted octanol–water partition coefficient (Wildman–Crippen LogP) is 2.46. The number of amides is 4. The number of imide groups is 1. The van der Waals surface area contributed by atoms with E-state index in [1.807, 2.05) is 42.5 Å². The van der Waals surface area contributed by atoms with E-state index in [0.717, 1.165) is 42.8 Å². The molecular formula is C29H34N4O5. The second-order valence-corrected chi connectivity index (χ2v) is 10.4. The molecule has 3 aliphatic rings. The number of carbonyl (C=O) groups is 4. The van der Waals surface area contributed by atoms with Crippen LogP contribution < -0.4 is 5.32 Å². The van der Waals surface area contributed by atoms with Gasteiger partial charge in [0.05, 0.1) is 5.92 Å². The van der Waals surface area contributed by atoms with Gasteiger partial charge in [-0.15, -0.1) is 0 Å². The largest absolute Gasteiger partial charge is 0.480 e. The van der Waals surface area contributed by atoms with Crippen molar-refractivity contribution >= 4 is 23.8 Å². The number of hydrogen-bond acceptors (Lipinski definition) is 5. The molecule has 9 nitrogen and oxygen atoms in total. The number of nitrogens with zero attached hydrogens (tertiary/aromatic N) is 3. The van der Waals surface area contributed by atoms with E-state index < -0.39 is 29.9 Å². The molecular weight excluding hydrogens is 484 g/mol. The van der Waals surface area contributed by atoms with E-state index in [1.54, 1.807) is 4.90 Å². The molecule has 38 heavy (non-hydrogen) atoms. The third-order valence-corrected chi connectivity index (χ3v) is 8.01. The van der Waals surface area contributed by atoms with Gasteiger partial charge in [-0.25, -0.2) is 14.5 Å². The molecule has 4 amide bonds. The van der Waals surface area contributed by atoms with Crippen molar-refractivity contribution in [2.45, 2.75) is 31.7 Å². The van der Waals surface area contributed by atoms with Crippen LogP contribution in [0.15, 0.2) is 54.6 Å². The van der Waals surface area contributed by atoms with Crippen molar-refractivity contribution in [1.82, 2.24) is 20.0 Å².